The summed E-state index contributed by atoms with van der Waals surface area (Å²) >= 11 is 0. The van der Waals surface area contributed by atoms with Crippen LogP contribution in [0.4, 0.5) is 4.39 Å². The van der Waals surface area contributed by atoms with E-state index in [0.717, 1.165) is 13.2 Å². The Hall–Kier alpha value is -1.42. The molecule has 0 bridgehead atoms. The van der Waals surface area contributed by atoms with Gasteiger partial charge in [0.05, 0.1) is 6.21 Å². The van der Waals surface area contributed by atoms with Crippen LogP contribution in [-0.2, 0) is 4.74 Å². The lowest BCUT2D eigenvalue weighted by molar-refractivity contribution is 0.198. The third-order valence-electron chi connectivity index (χ3n) is 1.88. The molecular formula is C11H14FNO2. The largest absolute Gasteiger partial charge is 0.411 e. The minimum Gasteiger partial charge on any atom is -0.411 e. The van der Waals surface area contributed by atoms with Crippen LogP contribution in [0.25, 0.3) is 0 Å². The quantitative estimate of drug-likeness (QED) is 0.440. The van der Waals surface area contributed by atoms with Crippen molar-refractivity contribution in [1.82, 2.24) is 0 Å². The van der Waals surface area contributed by atoms with Gasteiger partial charge in [0.1, 0.15) is 5.82 Å². The van der Waals surface area contributed by atoms with Crippen LogP contribution in [0.1, 0.15) is 18.4 Å². The highest BCUT2D eigenvalue weighted by molar-refractivity contribution is 5.78. The Kier molecular flexibility index (Phi) is 5.40. The van der Waals surface area contributed by atoms with Crippen molar-refractivity contribution in [2.75, 3.05) is 13.2 Å². The standard InChI is InChI=1S/C7H6FNO.C4H8O/c8-7-3-1-2-6(4-7)5-9-10;1-2-4-5-3-1/h1-5,10H;1-4H2. The van der Waals surface area contributed by atoms with E-state index >= 15 is 0 Å². The summed E-state index contributed by atoms with van der Waals surface area (Å²) < 4.78 is 17.3. The van der Waals surface area contributed by atoms with Crippen molar-refractivity contribution in [3.63, 3.8) is 0 Å². The third-order valence-corrected chi connectivity index (χ3v) is 1.88. The Morgan fingerprint density at radius 1 is 1.33 bits per heavy atom. The van der Waals surface area contributed by atoms with E-state index in [1.165, 1.54) is 31.2 Å². The first kappa shape index (κ1) is 11.7. The van der Waals surface area contributed by atoms with E-state index in [1.54, 1.807) is 12.1 Å². The molecule has 1 aliphatic heterocycles. The zero-order valence-corrected chi connectivity index (χ0v) is 8.40. The first-order valence-corrected chi connectivity index (χ1v) is 4.83. The lowest BCUT2D eigenvalue weighted by atomic mass is 10.2. The van der Waals surface area contributed by atoms with Crippen LogP contribution in [0.3, 0.4) is 0 Å². The lowest BCUT2D eigenvalue weighted by Gasteiger charge is -1.89. The summed E-state index contributed by atoms with van der Waals surface area (Å²) in [5, 5.41) is 10.8. The van der Waals surface area contributed by atoms with Gasteiger partial charge < -0.3 is 9.94 Å². The van der Waals surface area contributed by atoms with Gasteiger partial charge in [0.25, 0.3) is 0 Å². The van der Waals surface area contributed by atoms with Crippen molar-refractivity contribution in [3.05, 3.63) is 35.6 Å². The molecule has 0 spiro atoms. The van der Waals surface area contributed by atoms with Gasteiger partial charge in [-0.3, -0.25) is 0 Å². The minimum atomic E-state index is -0.336. The van der Waals surface area contributed by atoms with Crippen LogP contribution in [0.15, 0.2) is 29.4 Å². The summed E-state index contributed by atoms with van der Waals surface area (Å²) in [6.45, 7) is 2.00. The highest BCUT2D eigenvalue weighted by Gasteiger charge is 1.94. The van der Waals surface area contributed by atoms with Crippen molar-refractivity contribution >= 4 is 6.21 Å². The van der Waals surface area contributed by atoms with Crippen LogP contribution in [0, 0.1) is 5.82 Å². The van der Waals surface area contributed by atoms with E-state index in [9.17, 15) is 4.39 Å². The predicted octanol–water partition coefficient (Wildman–Crippen LogP) is 2.43. The molecule has 0 aliphatic carbocycles. The van der Waals surface area contributed by atoms with Gasteiger partial charge >= 0.3 is 0 Å². The molecule has 4 heteroatoms. The van der Waals surface area contributed by atoms with Gasteiger partial charge in [-0.1, -0.05) is 17.3 Å². The Labute approximate surface area is 88.2 Å². The van der Waals surface area contributed by atoms with Crippen LogP contribution >= 0.6 is 0 Å². The van der Waals surface area contributed by atoms with Crippen LogP contribution < -0.4 is 0 Å². The van der Waals surface area contributed by atoms with Crippen LogP contribution in [0.2, 0.25) is 0 Å². The zero-order valence-electron chi connectivity index (χ0n) is 8.40. The van der Waals surface area contributed by atoms with Gasteiger partial charge in [0.15, 0.2) is 0 Å². The molecule has 1 aromatic carbocycles. The van der Waals surface area contributed by atoms with Crippen molar-refractivity contribution in [2.45, 2.75) is 12.8 Å². The van der Waals surface area contributed by atoms with Crippen molar-refractivity contribution in [3.8, 4) is 0 Å². The van der Waals surface area contributed by atoms with E-state index in [0.29, 0.717) is 5.56 Å². The first-order valence-electron chi connectivity index (χ1n) is 4.83. The lowest BCUT2D eigenvalue weighted by Crippen LogP contribution is -1.81. The Morgan fingerprint density at radius 2 is 2.07 bits per heavy atom. The van der Waals surface area contributed by atoms with Crippen molar-refractivity contribution in [1.29, 1.82) is 0 Å². The van der Waals surface area contributed by atoms with E-state index < -0.39 is 0 Å². The molecule has 1 heterocycles. The second-order valence-electron chi connectivity index (χ2n) is 3.12. The minimum absolute atomic E-state index is 0.336. The Bertz CT molecular complexity index is 304. The van der Waals surface area contributed by atoms with Crippen molar-refractivity contribution < 1.29 is 14.3 Å². The smallest absolute Gasteiger partial charge is 0.123 e. The molecule has 2 rings (SSSR count). The Morgan fingerprint density at radius 3 is 2.53 bits per heavy atom. The molecule has 0 aromatic heterocycles. The molecule has 1 N–H and O–H groups in total. The van der Waals surface area contributed by atoms with Crippen molar-refractivity contribution in [2.24, 2.45) is 5.16 Å². The molecule has 1 saturated heterocycles. The maximum absolute atomic E-state index is 12.3. The summed E-state index contributed by atoms with van der Waals surface area (Å²) in [5.41, 5.74) is 0.544. The summed E-state index contributed by atoms with van der Waals surface area (Å²) in [5.74, 6) is -0.336. The summed E-state index contributed by atoms with van der Waals surface area (Å²) in [6.07, 6.45) is 3.73. The topological polar surface area (TPSA) is 41.8 Å². The van der Waals surface area contributed by atoms with E-state index in [4.69, 9.17) is 9.94 Å². The SMILES string of the molecule is C1CCOC1.ON=Cc1cccc(F)c1. The molecule has 1 aromatic rings. The van der Waals surface area contributed by atoms with Gasteiger partial charge in [-0.05, 0) is 30.5 Å². The summed E-state index contributed by atoms with van der Waals surface area (Å²) in [7, 11) is 0. The fourth-order valence-corrected chi connectivity index (χ4v) is 1.16. The molecular weight excluding hydrogens is 197 g/mol. The highest BCUT2D eigenvalue weighted by atomic mass is 19.1. The molecule has 15 heavy (non-hydrogen) atoms. The maximum atomic E-state index is 12.3. The van der Waals surface area contributed by atoms with Gasteiger partial charge in [0.2, 0.25) is 0 Å². The molecule has 1 fully saturated rings. The third kappa shape index (κ3) is 5.12. The average Bonchev–Trinajstić information content (AvgIpc) is 2.76. The monoisotopic (exact) mass is 211 g/mol. The second kappa shape index (κ2) is 6.95. The predicted molar refractivity (Wildman–Crippen MR) is 55.8 cm³/mol. The van der Waals surface area contributed by atoms with Gasteiger partial charge in [0, 0.05) is 13.2 Å². The molecule has 82 valence electrons. The highest BCUT2D eigenvalue weighted by Crippen LogP contribution is 1.99. The first-order chi connectivity index (χ1) is 7.33. The molecule has 0 radical (unpaired) electrons. The van der Waals surface area contributed by atoms with Gasteiger partial charge in [-0.25, -0.2) is 4.39 Å². The maximum Gasteiger partial charge on any atom is 0.123 e. The van der Waals surface area contributed by atoms with Crippen LogP contribution in [-0.4, -0.2) is 24.6 Å². The average molecular weight is 211 g/mol. The molecule has 1 aliphatic rings. The molecule has 0 unspecified atom stereocenters. The molecule has 0 atom stereocenters. The van der Waals surface area contributed by atoms with Crippen LogP contribution in [0.5, 0.6) is 0 Å². The van der Waals surface area contributed by atoms with E-state index in [-0.39, 0.29) is 5.82 Å². The van der Waals surface area contributed by atoms with Gasteiger partial charge in [-0.15, -0.1) is 0 Å². The number of rotatable bonds is 1. The molecule has 0 amide bonds. The summed E-state index contributed by atoms with van der Waals surface area (Å²) in [6, 6.07) is 5.80. The number of hydrogen-bond donors (Lipinski definition) is 1. The fourth-order valence-electron chi connectivity index (χ4n) is 1.16. The van der Waals surface area contributed by atoms with Gasteiger partial charge in [-0.2, -0.15) is 0 Å². The number of halogens is 1. The summed E-state index contributed by atoms with van der Waals surface area (Å²) in [4.78, 5) is 0. The second-order valence-corrected chi connectivity index (χ2v) is 3.12. The number of nitrogens with zero attached hydrogens (tertiary/aromatic N) is 1. The number of oxime groups is 1. The normalized spacial score (nSPS) is 15.0. The zero-order chi connectivity index (χ0) is 10.9. The Balaban J connectivity index is 0.000000187. The number of hydrogen-bond acceptors (Lipinski definition) is 3. The van der Waals surface area contributed by atoms with E-state index in [2.05, 4.69) is 5.16 Å². The molecule has 0 saturated carbocycles. The van der Waals surface area contributed by atoms with E-state index in [1.807, 2.05) is 0 Å². The molecule has 3 nitrogen and oxygen atoms in total. The number of ether oxygens (including phenoxy) is 1. The number of benzene rings is 1. The fraction of sp³-hybridized carbons (Fsp3) is 0.364.